The van der Waals surface area contributed by atoms with Crippen LogP contribution in [0, 0.1) is 0 Å². The minimum absolute atomic E-state index is 0.987. The number of para-hydroxylation sites is 2. The molecule has 6 aromatic carbocycles. The molecule has 39 heavy (non-hydrogen) atoms. The molecule has 1 nitrogen and oxygen atoms in total. The Bertz CT molecular complexity index is 2070. The maximum Gasteiger partial charge on any atom is 0.0541 e. The Hall–Kier alpha value is -4.88. The van der Waals surface area contributed by atoms with Gasteiger partial charge in [0.2, 0.25) is 0 Å². The first kappa shape index (κ1) is 21.1. The van der Waals surface area contributed by atoms with Gasteiger partial charge in [0, 0.05) is 16.5 Å². The Balaban J connectivity index is 1.16. The lowest BCUT2D eigenvalue weighted by atomic mass is 9.93. The van der Waals surface area contributed by atoms with Gasteiger partial charge in [-0.25, -0.2) is 0 Å². The third-order valence-corrected chi connectivity index (χ3v) is 8.87. The van der Waals surface area contributed by atoms with E-state index in [-0.39, 0.29) is 0 Å². The Labute approximate surface area is 227 Å². The van der Waals surface area contributed by atoms with E-state index in [2.05, 4.69) is 132 Å². The maximum absolute atomic E-state index is 2.44. The van der Waals surface area contributed by atoms with Crippen LogP contribution < -0.4 is 0 Å². The lowest BCUT2D eigenvalue weighted by Gasteiger charge is -2.12. The van der Waals surface area contributed by atoms with Crippen LogP contribution in [0.1, 0.15) is 22.3 Å². The normalized spacial score (nSPS) is 12.9. The molecule has 1 aromatic heterocycles. The molecule has 0 radical (unpaired) electrons. The molecule has 7 aromatic rings. The first-order chi connectivity index (χ1) is 19.3. The molecule has 1 heterocycles. The molecule has 0 aliphatic heterocycles. The van der Waals surface area contributed by atoms with Gasteiger partial charge < -0.3 is 4.57 Å². The van der Waals surface area contributed by atoms with Crippen molar-refractivity contribution in [1.29, 1.82) is 0 Å². The molecule has 2 aliphatic rings. The van der Waals surface area contributed by atoms with E-state index >= 15 is 0 Å². The average molecular weight is 496 g/mol. The number of aromatic nitrogens is 1. The van der Waals surface area contributed by atoms with Crippen LogP contribution in [0.3, 0.4) is 0 Å². The molecule has 182 valence electrons. The van der Waals surface area contributed by atoms with Crippen molar-refractivity contribution < 1.29 is 0 Å². The van der Waals surface area contributed by atoms with Gasteiger partial charge in [-0.15, -0.1) is 0 Å². The summed E-state index contributed by atoms with van der Waals surface area (Å²) in [6.45, 7) is 0. The summed E-state index contributed by atoms with van der Waals surface area (Å²) < 4.78 is 2.42. The minimum atomic E-state index is 0.987. The summed E-state index contributed by atoms with van der Waals surface area (Å²) in [6.07, 6.45) is 2.00. The van der Waals surface area contributed by atoms with Crippen LogP contribution in [0.2, 0.25) is 0 Å². The van der Waals surface area contributed by atoms with Crippen molar-refractivity contribution in [3.05, 3.63) is 150 Å². The first-order valence-electron chi connectivity index (χ1n) is 13.8. The third-order valence-electron chi connectivity index (χ3n) is 8.87. The van der Waals surface area contributed by atoms with Crippen molar-refractivity contribution in [3.8, 4) is 39.1 Å². The van der Waals surface area contributed by atoms with Gasteiger partial charge >= 0.3 is 0 Å². The van der Waals surface area contributed by atoms with Crippen LogP contribution in [0.5, 0.6) is 0 Å². The first-order valence-corrected chi connectivity index (χ1v) is 13.8. The van der Waals surface area contributed by atoms with Gasteiger partial charge in [-0.2, -0.15) is 0 Å². The van der Waals surface area contributed by atoms with Crippen molar-refractivity contribution in [2.24, 2.45) is 0 Å². The molecule has 0 amide bonds. The second-order valence-corrected chi connectivity index (χ2v) is 10.9. The number of rotatable bonds is 2. The van der Waals surface area contributed by atoms with Crippen molar-refractivity contribution in [1.82, 2.24) is 4.57 Å². The molecular formula is C38H25N. The fourth-order valence-electron chi connectivity index (χ4n) is 7.11. The number of fused-ring (bicyclic) bond motifs is 9. The van der Waals surface area contributed by atoms with Crippen molar-refractivity contribution in [2.45, 2.75) is 12.8 Å². The van der Waals surface area contributed by atoms with Crippen LogP contribution in [-0.4, -0.2) is 4.57 Å². The summed E-state index contributed by atoms with van der Waals surface area (Å²) in [5.41, 5.74) is 17.7. The van der Waals surface area contributed by atoms with Crippen LogP contribution in [-0.2, 0) is 12.8 Å². The van der Waals surface area contributed by atoms with Gasteiger partial charge in [0.15, 0.2) is 0 Å². The Kier molecular flexibility index (Phi) is 4.23. The van der Waals surface area contributed by atoms with Gasteiger partial charge in [-0.1, -0.05) is 103 Å². The lowest BCUT2D eigenvalue weighted by molar-refractivity contribution is 1.17. The van der Waals surface area contributed by atoms with Crippen molar-refractivity contribution in [2.75, 3.05) is 0 Å². The highest BCUT2D eigenvalue weighted by molar-refractivity contribution is 6.09. The number of nitrogens with zero attached hydrogens (tertiary/aromatic N) is 1. The maximum atomic E-state index is 2.44. The van der Waals surface area contributed by atoms with Crippen LogP contribution in [0.4, 0.5) is 0 Å². The largest absolute Gasteiger partial charge is 0.309 e. The van der Waals surface area contributed by atoms with Crippen LogP contribution in [0.25, 0.3) is 60.9 Å². The molecule has 0 saturated heterocycles. The monoisotopic (exact) mass is 495 g/mol. The van der Waals surface area contributed by atoms with E-state index in [1.54, 1.807) is 0 Å². The zero-order chi connectivity index (χ0) is 25.5. The van der Waals surface area contributed by atoms with Gasteiger partial charge in [0.05, 0.1) is 11.0 Å². The molecule has 1 heteroatoms. The van der Waals surface area contributed by atoms with Crippen LogP contribution in [0.15, 0.2) is 127 Å². The minimum Gasteiger partial charge on any atom is -0.309 e. The number of hydrogen-bond donors (Lipinski definition) is 0. The smallest absolute Gasteiger partial charge is 0.0541 e. The lowest BCUT2D eigenvalue weighted by Crippen LogP contribution is -1.94. The fourth-order valence-corrected chi connectivity index (χ4v) is 7.11. The predicted octanol–water partition coefficient (Wildman–Crippen LogP) is 9.59. The molecule has 0 saturated carbocycles. The van der Waals surface area contributed by atoms with Crippen molar-refractivity contribution in [3.63, 3.8) is 0 Å². The van der Waals surface area contributed by atoms with Gasteiger partial charge in [0.25, 0.3) is 0 Å². The molecule has 0 atom stereocenters. The highest BCUT2D eigenvalue weighted by Crippen LogP contribution is 2.44. The number of benzene rings is 6. The SMILES string of the molecule is c1ccc2c(c1)Cc1c(-c3ccc4c(c3)Cc3ccc(-n5c6ccccc6c6ccccc65)cc3-4)cccc1-2. The number of hydrogen-bond acceptors (Lipinski definition) is 0. The van der Waals surface area contributed by atoms with Gasteiger partial charge in [-0.05, 0) is 92.7 Å². The average Bonchev–Trinajstić information content (AvgIpc) is 3.66. The second kappa shape index (κ2) is 7.82. The van der Waals surface area contributed by atoms with Crippen LogP contribution >= 0.6 is 0 Å². The summed E-state index contributed by atoms with van der Waals surface area (Å²) in [6, 6.07) is 47.3. The van der Waals surface area contributed by atoms with E-state index in [1.807, 2.05) is 0 Å². The molecule has 0 bridgehead atoms. The molecule has 0 unspecified atom stereocenters. The summed E-state index contributed by atoms with van der Waals surface area (Å²) in [4.78, 5) is 0. The van der Waals surface area contributed by atoms with Crippen molar-refractivity contribution >= 4 is 21.8 Å². The van der Waals surface area contributed by atoms with E-state index < -0.39 is 0 Å². The van der Waals surface area contributed by atoms with Gasteiger partial charge in [-0.3, -0.25) is 0 Å². The fraction of sp³-hybridized carbons (Fsp3) is 0.0526. The van der Waals surface area contributed by atoms with E-state index in [1.165, 1.54) is 83.1 Å². The highest BCUT2D eigenvalue weighted by atomic mass is 15.0. The molecule has 2 aliphatic carbocycles. The van der Waals surface area contributed by atoms with E-state index in [4.69, 9.17) is 0 Å². The zero-order valence-electron chi connectivity index (χ0n) is 21.5. The summed E-state index contributed by atoms with van der Waals surface area (Å²) in [5.74, 6) is 0. The molecule has 0 fully saturated rings. The van der Waals surface area contributed by atoms with E-state index in [0.717, 1.165) is 12.8 Å². The zero-order valence-corrected chi connectivity index (χ0v) is 21.5. The molecule has 0 N–H and O–H groups in total. The highest BCUT2D eigenvalue weighted by Gasteiger charge is 2.24. The summed E-state index contributed by atoms with van der Waals surface area (Å²) >= 11 is 0. The second-order valence-electron chi connectivity index (χ2n) is 10.9. The molecule has 9 rings (SSSR count). The van der Waals surface area contributed by atoms with E-state index in [9.17, 15) is 0 Å². The topological polar surface area (TPSA) is 4.93 Å². The third kappa shape index (κ3) is 2.96. The quantitative estimate of drug-likeness (QED) is 0.225. The van der Waals surface area contributed by atoms with E-state index in [0.29, 0.717) is 0 Å². The Morgan fingerprint density at radius 1 is 0.410 bits per heavy atom. The predicted molar refractivity (Wildman–Crippen MR) is 163 cm³/mol. The summed E-state index contributed by atoms with van der Waals surface area (Å²) in [7, 11) is 0. The molecular weight excluding hydrogens is 470 g/mol. The molecule has 0 spiro atoms. The summed E-state index contributed by atoms with van der Waals surface area (Å²) in [5, 5.41) is 2.60. The Morgan fingerprint density at radius 2 is 1.08 bits per heavy atom. The van der Waals surface area contributed by atoms with Gasteiger partial charge in [0.1, 0.15) is 0 Å². The standard InChI is InChI=1S/C38H25N/c1-2-9-29-24(8-1)22-36-30(12-7-13-32(29)36)25-17-19-31-27(20-25)21-26-16-18-28(23-35(26)31)39-37-14-5-3-10-33(37)34-11-4-6-15-38(34)39/h1-20,23H,21-22H2. The Morgan fingerprint density at radius 3 is 1.92 bits per heavy atom.